The lowest BCUT2D eigenvalue weighted by Crippen LogP contribution is -2.31. The predicted molar refractivity (Wildman–Crippen MR) is 92.6 cm³/mol. The Kier molecular flexibility index (Phi) is 4.88. The summed E-state index contributed by atoms with van der Waals surface area (Å²) in [6, 6.07) is 10.1. The van der Waals surface area contributed by atoms with Gasteiger partial charge in [-0.15, -0.1) is 0 Å². The van der Waals surface area contributed by atoms with Crippen LogP contribution in [0.3, 0.4) is 0 Å². The van der Waals surface area contributed by atoms with Crippen LogP contribution in [0.5, 0.6) is 0 Å². The number of oxazole rings is 1. The van der Waals surface area contributed by atoms with E-state index in [0.717, 1.165) is 12.1 Å². The molecular formula is C19H18F2N2O3. The minimum Gasteiger partial charge on any atom is -0.408 e. The lowest BCUT2D eigenvalue weighted by Gasteiger charge is -2.25. The zero-order valence-corrected chi connectivity index (χ0v) is 14.4. The molecule has 5 nitrogen and oxygen atoms in total. The van der Waals surface area contributed by atoms with Crippen LogP contribution in [0.15, 0.2) is 51.7 Å². The fraction of sp³-hybridized carbons (Fsp3) is 0.263. The molecule has 0 aliphatic rings. The second kappa shape index (κ2) is 7.11. The monoisotopic (exact) mass is 360 g/mol. The highest BCUT2D eigenvalue weighted by Crippen LogP contribution is 2.22. The molecule has 0 saturated carbocycles. The van der Waals surface area contributed by atoms with Crippen molar-refractivity contribution in [1.29, 1.82) is 0 Å². The fourth-order valence-corrected chi connectivity index (χ4v) is 2.82. The molecule has 7 heteroatoms. The Hall–Kier alpha value is -2.96. The minimum absolute atomic E-state index is 0.0773. The summed E-state index contributed by atoms with van der Waals surface area (Å²) in [5.41, 5.74) is 1.58. The van der Waals surface area contributed by atoms with Gasteiger partial charge in [0.25, 0.3) is 0 Å². The van der Waals surface area contributed by atoms with Crippen LogP contribution in [-0.2, 0) is 11.3 Å². The van der Waals surface area contributed by atoms with Crippen LogP contribution in [-0.4, -0.2) is 22.4 Å². The van der Waals surface area contributed by atoms with Crippen LogP contribution >= 0.6 is 0 Å². The van der Waals surface area contributed by atoms with Gasteiger partial charge in [0.2, 0.25) is 5.91 Å². The molecule has 136 valence electrons. The van der Waals surface area contributed by atoms with Gasteiger partial charge in [-0.3, -0.25) is 9.36 Å². The Morgan fingerprint density at radius 1 is 1.19 bits per heavy atom. The molecule has 1 heterocycles. The highest BCUT2D eigenvalue weighted by atomic mass is 19.2. The Bertz CT molecular complexity index is 1010. The molecule has 1 aromatic heterocycles. The molecule has 1 unspecified atom stereocenters. The molecule has 3 aromatic rings. The Morgan fingerprint density at radius 3 is 2.65 bits per heavy atom. The summed E-state index contributed by atoms with van der Waals surface area (Å²) in [5.74, 6) is -2.62. The normalized spacial score (nSPS) is 12.3. The summed E-state index contributed by atoms with van der Waals surface area (Å²) in [5, 5.41) is 0. The number of rotatable bonds is 5. The lowest BCUT2D eigenvalue weighted by molar-refractivity contribution is -0.132. The van der Waals surface area contributed by atoms with E-state index in [-0.39, 0.29) is 18.9 Å². The van der Waals surface area contributed by atoms with Gasteiger partial charge in [-0.05, 0) is 36.8 Å². The van der Waals surface area contributed by atoms with Crippen LogP contribution in [0, 0.1) is 11.6 Å². The summed E-state index contributed by atoms with van der Waals surface area (Å²) >= 11 is 0. The van der Waals surface area contributed by atoms with Gasteiger partial charge in [-0.2, -0.15) is 0 Å². The lowest BCUT2D eigenvalue weighted by atomic mass is 10.1. The van der Waals surface area contributed by atoms with Gasteiger partial charge in [0, 0.05) is 20.0 Å². The van der Waals surface area contributed by atoms with Crippen LogP contribution in [0.1, 0.15) is 24.9 Å². The van der Waals surface area contributed by atoms with Gasteiger partial charge in [0.15, 0.2) is 17.2 Å². The van der Waals surface area contributed by atoms with Gasteiger partial charge in [-0.1, -0.05) is 18.2 Å². The molecule has 1 atom stereocenters. The SMILES string of the molecule is CC(c1ccc(F)c(F)c1)N(C)C(=O)CCn1c(=O)oc2ccccc21. The molecule has 2 aromatic carbocycles. The Balaban J connectivity index is 1.71. The van der Waals surface area contributed by atoms with Crippen molar-refractivity contribution in [1.82, 2.24) is 9.47 Å². The first-order chi connectivity index (χ1) is 12.4. The third-order valence-electron chi connectivity index (χ3n) is 4.52. The standard InChI is InChI=1S/C19H18F2N2O3/c1-12(13-7-8-14(20)15(21)11-13)22(2)18(24)9-10-23-16-5-3-4-6-17(16)26-19(23)25/h3-8,11-12H,9-10H2,1-2H3. The average molecular weight is 360 g/mol. The van der Waals surface area contributed by atoms with E-state index in [0.29, 0.717) is 16.7 Å². The largest absolute Gasteiger partial charge is 0.419 e. The van der Waals surface area contributed by atoms with Crippen molar-refractivity contribution in [3.63, 3.8) is 0 Å². The molecule has 26 heavy (non-hydrogen) atoms. The summed E-state index contributed by atoms with van der Waals surface area (Å²) in [6.45, 7) is 1.90. The molecule has 0 N–H and O–H groups in total. The molecule has 0 bridgehead atoms. The van der Waals surface area contributed by atoms with Crippen molar-refractivity contribution in [3.05, 3.63) is 70.2 Å². The summed E-state index contributed by atoms with van der Waals surface area (Å²) < 4.78 is 33.0. The fourth-order valence-electron chi connectivity index (χ4n) is 2.82. The zero-order valence-electron chi connectivity index (χ0n) is 14.4. The number of fused-ring (bicyclic) bond motifs is 1. The number of aryl methyl sites for hydroxylation is 1. The number of nitrogens with zero attached hydrogens (tertiary/aromatic N) is 2. The van der Waals surface area contributed by atoms with E-state index in [1.165, 1.54) is 15.5 Å². The third kappa shape index (κ3) is 3.37. The number of carbonyl (C=O) groups is 1. The van der Waals surface area contributed by atoms with Crippen molar-refractivity contribution in [2.45, 2.75) is 25.9 Å². The topological polar surface area (TPSA) is 55.5 Å². The second-order valence-corrected chi connectivity index (χ2v) is 6.09. The smallest absolute Gasteiger partial charge is 0.408 e. The van der Waals surface area contributed by atoms with Gasteiger partial charge >= 0.3 is 5.76 Å². The van der Waals surface area contributed by atoms with Gasteiger partial charge in [0.1, 0.15) is 0 Å². The van der Waals surface area contributed by atoms with Crippen molar-refractivity contribution in [3.8, 4) is 0 Å². The number of hydrogen-bond donors (Lipinski definition) is 0. The molecule has 0 radical (unpaired) electrons. The van der Waals surface area contributed by atoms with E-state index in [1.54, 1.807) is 38.2 Å². The van der Waals surface area contributed by atoms with Gasteiger partial charge < -0.3 is 9.32 Å². The van der Waals surface area contributed by atoms with Crippen molar-refractivity contribution in [2.75, 3.05) is 7.05 Å². The van der Waals surface area contributed by atoms with E-state index in [9.17, 15) is 18.4 Å². The number of carbonyl (C=O) groups excluding carboxylic acids is 1. The predicted octanol–water partition coefficient (Wildman–Crippen LogP) is 3.48. The molecule has 0 aliphatic heterocycles. The number of halogens is 2. The van der Waals surface area contributed by atoms with E-state index >= 15 is 0 Å². The molecule has 0 saturated heterocycles. The maximum absolute atomic E-state index is 13.4. The first kappa shape index (κ1) is 17.8. The van der Waals surface area contributed by atoms with Crippen LogP contribution in [0.4, 0.5) is 8.78 Å². The summed E-state index contributed by atoms with van der Waals surface area (Å²) in [6.07, 6.45) is 0.0773. The molecule has 0 fully saturated rings. The first-order valence-corrected chi connectivity index (χ1v) is 8.17. The van der Waals surface area contributed by atoms with Crippen LogP contribution < -0.4 is 5.76 Å². The molecule has 1 amide bonds. The average Bonchev–Trinajstić information content (AvgIpc) is 2.95. The quantitative estimate of drug-likeness (QED) is 0.700. The van der Waals surface area contributed by atoms with E-state index in [1.807, 2.05) is 0 Å². The number of amides is 1. The Morgan fingerprint density at radius 2 is 1.92 bits per heavy atom. The van der Waals surface area contributed by atoms with Gasteiger partial charge in [-0.25, -0.2) is 13.6 Å². The van der Waals surface area contributed by atoms with Gasteiger partial charge in [0.05, 0.1) is 11.6 Å². The van der Waals surface area contributed by atoms with E-state index in [2.05, 4.69) is 0 Å². The third-order valence-corrected chi connectivity index (χ3v) is 4.52. The first-order valence-electron chi connectivity index (χ1n) is 8.17. The zero-order chi connectivity index (χ0) is 18.8. The summed E-state index contributed by atoms with van der Waals surface area (Å²) in [7, 11) is 1.59. The maximum Gasteiger partial charge on any atom is 0.419 e. The van der Waals surface area contributed by atoms with Crippen LogP contribution in [0.2, 0.25) is 0 Å². The second-order valence-electron chi connectivity index (χ2n) is 6.09. The number of aromatic nitrogens is 1. The number of hydrogen-bond acceptors (Lipinski definition) is 3. The molecular weight excluding hydrogens is 342 g/mol. The van der Waals surface area contributed by atoms with E-state index in [4.69, 9.17) is 4.42 Å². The van der Waals surface area contributed by atoms with E-state index < -0.39 is 23.4 Å². The van der Waals surface area contributed by atoms with Crippen LogP contribution in [0.25, 0.3) is 11.1 Å². The summed E-state index contributed by atoms with van der Waals surface area (Å²) in [4.78, 5) is 25.8. The molecule has 0 aliphatic carbocycles. The maximum atomic E-state index is 13.4. The number of para-hydroxylation sites is 2. The Labute approximate surface area is 148 Å². The number of benzene rings is 2. The van der Waals surface area contributed by atoms with Crippen molar-refractivity contribution < 1.29 is 18.0 Å². The molecule has 3 rings (SSSR count). The minimum atomic E-state index is -0.952. The molecule has 0 spiro atoms. The van der Waals surface area contributed by atoms with Crippen molar-refractivity contribution >= 4 is 17.0 Å². The highest BCUT2D eigenvalue weighted by molar-refractivity contribution is 5.77. The highest BCUT2D eigenvalue weighted by Gasteiger charge is 2.19. The van der Waals surface area contributed by atoms with Crippen molar-refractivity contribution in [2.24, 2.45) is 0 Å².